The molecule has 0 radical (unpaired) electrons. The molecule has 0 aliphatic heterocycles. The molecule has 0 saturated carbocycles. The summed E-state index contributed by atoms with van der Waals surface area (Å²) >= 11 is 0. The topological polar surface area (TPSA) is 125 Å². The third-order valence-corrected chi connectivity index (χ3v) is 1.07. The number of hydrazine groups is 1. The van der Waals surface area contributed by atoms with E-state index < -0.39 is 10.1 Å². The Morgan fingerprint density at radius 2 is 1.81 bits per heavy atom. The monoisotopic (exact) mass is 255 g/mol. The first-order chi connectivity index (χ1) is 6.84. The third-order valence-electron chi connectivity index (χ3n) is 1.07. The molecule has 7 nitrogen and oxygen atoms in total. The van der Waals surface area contributed by atoms with E-state index in [0.717, 1.165) is 0 Å². The maximum absolute atomic E-state index is 10.7. The van der Waals surface area contributed by atoms with Crippen LogP contribution in [-0.2, 0) is 10.1 Å². The van der Waals surface area contributed by atoms with Gasteiger partial charge in [-0.15, -0.1) is 0 Å². The molecule has 1 heterocycles. The standard InChI is InChI=1S/C6H7N3O.CH4O3S.Na/c7-9-6(10)5-1-3-8-4-2-5;1-5(2,3)4;/h1-4H,7H2,(H,9,10);1H3,(H,2,3,4);/q;;+1/p-1. The van der Waals surface area contributed by atoms with Crippen LogP contribution in [0.25, 0.3) is 0 Å². The molecule has 84 valence electrons. The van der Waals surface area contributed by atoms with Crippen LogP contribution >= 0.6 is 0 Å². The third kappa shape index (κ3) is 11.6. The van der Waals surface area contributed by atoms with Crippen LogP contribution in [0.15, 0.2) is 24.5 Å². The molecule has 0 aromatic carbocycles. The maximum Gasteiger partial charge on any atom is 1.00 e. The molecule has 1 amide bonds. The Balaban J connectivity index is 0. The Kier molecular flexibility index (Phi) is 9.63. The van der Waals surface area contributed by atoms with E-state index in [4.69, 9.17) is 18.8 Å². The van der Waals surface area contributed by atoms with Crippen LogP contribution in [0.1, 0.15) is 10.4 Å². The number of hydrogen-bond donors (Lipinski definition) is 2. The van der Waals surface area contributed by atoms with Crippen LogP contribution in [0.5, 0.6) is 0 Å². The second-order valence-corrected chi connectivity index (χ2v) is 3.82. The van der Waals surface area contributed by atoms with E-state index in [-0.39, 0.29) is 35.5 Å². The molecule has 0 atom stereocenters. The van der Waals surface area contributed by atoms with E-state index in [2.05, 4.69) is 4.98 Å². The largest absolute Gasteiger partial charge is 1.00 e. The van der Waals surface area contributed by atoms with Crippen molar-refractivity contribution in [3.63, 3.8) is 0 Å². The molecule has 0 spiro atoms. The van der Waals surface area contributed by atoms with E-state index in [1.807, 2.05) is 5.43 Å². The van der Waals surface area contributed by atoms with Gasteiger partial charge in [0.15, 0.2) is 0 Å². The van der Waals surface area contributed by atoms with Gasteiger partial charge in [0.05, 0.1) is 10.1 Å². The molecule has 1 aromatic heterocycles. The number of rotatable bonds is 1. The fraction of sp³-hybridized carbons (Fsp3) is 0.143. The number of amides is 1. The first kappa shape index (κ1) is 17.9. The van der Waals surface area contributed by atoms with Gasteiger partial charge < -0.3 is 4.55 Å². The Labute approximate surface area is 115 Å². The van der Waals surface area contributed by atoms with E-state index in [0.29, 0.717) is 11.8 Å². The van der Waals surface area contributed by atoms with Gasteiger partial charge in [0, 0.05) is 24.2 Å². The minimum Gasteiger partial charge on any atom is -0.748 e. The summed E-state index contributed by atoms with van der Waals surface area (Å²) in [6.07, 6.45) is 3.67. The van der Waals surface area contributed by atoms with Crippen molar-refractivity contribution >= 4 is 16.0 Å². The molecular weight excluding hydrogens is 245 g/mol. The van der Waals surface area contributed by atoms with E-state index in [9.17, 15) is 4.79 Å². The number of carbonyl (C=O) groups excluding carboxylic acids is 1. The fourth-order valence-corrected chi connectivity index (χ4v) is 0.587. The molecule has 16 heavy (non-hydrogen) atoms. The van der Waals surface area contributed by atoms with Gasteiger partial charge in [0.2, 0.25) is 0 Å². The number of nitrogens with two attached hydrogens (primary N) is 1. The summed E-state index contributed by atoms with van der Waals surface area (Å²) in [5, 5.41) is 0. The minimum absolute atomic E-state index is 0. The Morgan fingerprint density at radius 1 is 1.44 bits per heavy atom. The molecule has 0 unspecified atom stereocenters. The molecule has 0 saturated heterocycles. The van der Waals surface area contributed by atoms with Gasteiger partial charge >= 0.3 is 29.6 Å². The van der Waals surface area contributed by atoms with Crippen molar-refractivity contribution in [2.45, 2.75) is 0 Å². The summed E-state index contributed by atoms with van der Waals surface area (Å²) in [5.41, 5.74) is 2.53. The summed E-state index contributed by atoms with van der Waals surface area (Å²) < 4.78 is 27.2. The van der Waals surface area contributed by atoms with Crippen LogP contribution in [-0.4, -0.2) is 30.1 Å². The number of nitrogens with one attached hydrogen (secondary N) is 1. The predicted molar refractivity (Wildman–Crippen MR) is 51.5 cm³/mol. The zero-order valence-corrected chi connectivity index (χ0v) is 11.7. The van der Waals surface area contributed by atoms with Gasteiger partial charge in [-0.2, -0.15) is 0 Å². The van der Waals surface area contributed by atoms with Crippen molar-refractivity contribution < 1.29 is 47.3 Å². The second-order valence-electron chi connectivity index (χ2n) is 2.41. The average molecular weight is 255 g/mol. The molecule has 1 aromatic rings. The Bertz CT molecular complexity index is 401. The summed E-state index contributed by atoms with van der Waals surface area (Å²) in [5.74, 6) is 4.58. The predicted octanol–water partition coefficient (Wildman–Crippen LogP) is -4.15. The second kappa shape index (κ2) is 8.62. The number of aromatic nitrogens is 1. The Hall–Kier alpha value is -0.510. The van der Waals surface area contributed by atoms with Crippen molar-refractivity contribution in [3.05, 3.63) is 30.1 Å². The van der Waals surface area contributed by atoms with E-state index in [1.165, 1.54) is 12.4 Å². The molecule has 0 aliphatic carbocycles. The SMILES string of the molecule is CS(=O)(=O)[O-].NNC(=O)c1ccncc1.[Na+]. The zero-order valence-electron chi connectivity index (χ0n) is 8.88. The van der Waals surface area contributed by atoms with Crippen LogP contribution in [0, 0.1) is 0 Å². The number of nitrogen functional groups attached to an aromatic ring is 1. The van der Waals surface area contributed by atoms with Crippen molar-refractivity contribution in [3.8, 4) is 0 Å². The molecule has 0 bridgehead atoms. The summed E-state index contributed by atoms with van der Waals surface area (Å²) in [6, 6.07) is 3.17. The normalized spacial score (nSPS) is 9.19. The number of hydrogen-bond acceptors (Lipinski definition) is 6. The smallest absolute Gasteiger partial charge is 0.748 e. The molecule has 9 heteroatoms. The minimum atomic E-state index is -3.92. The summed E-state index contributed by atoms with van der Waals surface area (Å²) in [6.45, 7) is 0. The van der Waals surface area contributed by atoms with Gasteiger partial charge in [-0.05, 0) is 12.1 Å². The summed E-state index contributed by atoms with van der Waals surface area (Å²) in [4.78, 5) is 14.5. The van der Waals surface area contributed by atoms with E-state index >= 15 is 0 Å². The van der Waals surface area contributed by atoms with Crippen molar-refractivity contribution in [2.24, 2.45) is 5.84 Å². The van der Waals surface area contributed by atoms with Crippen molar-refractivity contribution in [2.75, 3.05) is 6.26 Å². The quantitative estimate of drug-likeness (QED) is 0.172. The first-order valence-corrected chi connectivity index (χ1v) is 5.48. The Morgan fingerprint density at radius 3 is 2.12 bits per heavy atom. The molecule has 3 N–H and O–H groups in total. The average Bonchev–Trinajstić information content (AvgIpc) is 2.15. The van der Waals surface area contributed by atoms with Crippen molar-refractivity contribution in [1.82, 2.24) is 10.4 Å². The van der Waals surface area contributed by atoms with Gasteiger partial charge in [-0.25, -0.2) is 14.3 Å². The van der Waals surface area contributed by atoms with Crippen LogP contribution in [0.2, 0.25) is 0 Å². The number of carbonyl (C=O) groups is 1. The maximum atomic E-state index is 10.7. The van der Waals surface area contributed by atoms with Crippen LogP contribution in [0.3, 0.4) is 0 Å². The van der Waals surface area contributed by atoms with Gasteiger partial charge in [-0.1, -0.05) is 0 Å². The molecule has 0 fully saturated rings. The van der Waals surface area contributed by atoms with E-state index in [1.54, 1.807) is 12.1 Å². The molecule has 0 aliphatic rings. The van der Waals surface area contributed by atoms with Gasteiger partial charge in [0.25, 0.3) is 5.91 Å². The number of nitrogens with zero attached hydrogens (tertiary/aromatic N) is 1. The number of pyridine rings is 1. The summed E-state index contributed by atoms with van der Waals surface area (Å²) in [7, 11) is -3.92. The fourth-order valence-electron chi connectivity index (χ4n) is 0.587. The first-order valence-electron chi connectivity index (χ1n) is 3.66. The van der Waals surface area contributed by atoms with Crippen LogP contribution in [0.4, 0.5) is 0 Å². The zero-order chi connectivity index (χ0) is 11.9. The van der Waals surface area contributed by atoms with Gasteiger partial charge in [-0.3, -0.25) is 15.2 Å². The van der Waals surface area contributed by atoms with Crippen LogP contribution < -0.4 is 40.8 Å². The molecule has 1 rings (SSSR count). The molecular formula is C7H10N3NaO4S. The van der Waals surface area contributed by atoms with Gasteiger partial charge in [0.1, 0.15) is 0 Å². The van der Waals surface area contributed by atoms with Crippen molar-refractivity contribution in [1.29, 1.82) is 0 Å².